The molecule has 1 heterocycles. The molecule has 0 aromatic heterocycles. The molecule has 1 atom stereocenters. The maximum absolute atomic E-state index is 9.14. The van der Waals surface area contributed by atoms with Crippen molar-refractivity contribution in [3.05, 3.63) is 12.2 Å². The Balaban J connectivity index is 0.000000810. The Morgan fingerprint density at radius 3 is 2.40 bits per heavy atom. The lowest BCUT2D eigenvalue weighted by atomic mass is 10.2. The third-order valence-electron chi connectivity index (χ3n) is 1.64. The quantitative estimate of drug-likeness (QED) is 0.278. The van der Waals surface area contributed by atoms with Crippen molar-refractivity contribution >= 4 is 0 Å². The maximum Gasteiger partial charge on any atom is 0.121 e. The van der Waals surface area contributed by atoms with Gasteiger partial charge in [0.2, 0.25) is 0 Å². The Hall–Kier alpha value is 0.390. The number of halogens is 1. The predicted molar refractivity (Wildman–Crippen MR) is 37.0 cm³/mol. The number of hydrogen-bond donors (Lipinski definition) is 1. The van der Waals surface area contributed by atoms with E-state index in [9.17, 15) is 0 Å². The molecule has 0 aromatic rings. The monoisotopic (exact) mass is 255 g/mol. The Labute approximate surface area is 79.1 Å². The van der Waals surface area contributed by atoms with Crippen LogP contribution in [0.15, 0.2) is 12.2 Å². The second-order valence-corrected chi connectivity index (χ2v) is 3.30. The van der Waals surface area contributed by atoms with Crippen LogP contribution in [0.1, 0.15) is 0 Å². The summed E-state index contributed by atoms with van der Waals surface area (Å²) >= 11 is 0. The van der Waals surface area contributed by atoms with E-state index < -0.39 is 0 Å². The number of aliphatic hydroxyl groups excluding tert-OH is 1. The summed E-state index contributed by atoms with van der Waals surface area (Å²) in [5, 5.41) is 9.14. The van der Waals surface area contributed by atoms with Gasteiger partial charge in [-0.05, 0) is 12.2 Å². The van der Waals surface area contributed by atoms with E-state index in [-0.39, 0.29) is 30.1 Å². The van der Waals surface area contributed by atoms with Gasteiger partial charge in [-0.25, -0.2) is 0 Å². The van der Waals surface area contributed by atoms with Crippen LogP contribution < -0.4 is 24.0 Å². The van der Waals surface area contributed by atoms with Crippen LogP contribution in [0.5, 0.6) is 0 Å². The Morgan fingerprint density at radius 1 is 1.50 bits per heavy atom. The second-order valence-electron chi connectivity index (χ2n) is 3.30. The molecule has 0 aromatic carbocycles. The fourth-order valence-corrected chi connectivity index (χ4v) is 1.15. The third kappa shape index (κ3) is 2.98. The fourth-order valence-electron chi connectivity index (χ4n) is 1.15. The van der Waals surface area contributed by atoms with Crippen molar-refractivity contribution in [2.75, 3.05) is 27.2 Å². The summed E-state index contributed by atoms with van der Waals surface area (Å²) in [4.78, 5) is 0. The zero-order chi connectivity index (χ0) is 6.91. The summed E-state index contributed by atoms with van der Waals surface area (Å²) < 4.78 is 0.900. The molecule has 2 nitrogen and oxygen atoms in total. The summed E-state index contributed by atoms with van der Waals surface area (Å²) in [6.45, 7) is 1.88. The molecule has 60 valence electrons. The maximum atomic E-state index is 9.14. The fraction of sp³-hybridized carbons (Fsp3) is 0.714. The van der Waals surface area contributed by atoms with Gasteiger partial charge in [-0.1, -0.05) is 0 Å². The minimum absolute atomic E-state index is 0. The molecular formula is C7H14INO. The lowest BCUT2D eigenvalue weighted by molar-refractivity contribution is -0.888. The molecule has 3 heteroatoms. The topological polar surface area (TPSA) is 20.2 Å². The van der Waals surface area contributed by atoms with Gasteiger partial charge in [0, 0.05) is 0 Å². The molecule has 0 amide bonds. The summed E-state index contributed by atoms with van der Waals surface area (Å²) in [7, 11) is 4.24. The minimum atomic E-state index is -0.228. The largest absolute Gasteiger partial charge is 1.00 e. The van der Waals surface area contributed by atoms with Crippen LogP contribution in [0.4, 0.5) is 0 Å². The van der Waals surface area contributed by atoms with E-state index in [1.807, 2.05) is 12.2 Å². The Morgan fingerprint density at radius 2 is 2.10 bits per heavy atom. The number of hydrogen-bond acceptors (Lipinski definition) is 1. The van der Waals surface area contributed by atoms with Gasteiger partial charge in [-0.3, -0.25) is 0 Å². The molecule has 0 unspecified atom stereocenters. The first kappa shape index (κ1) is 10.4. The van der Waals surface area contributed by atoms with Crippen molar-refractivity contribution < 1.29 is 33.6 Å². The molecule has 1 aliphatic heterocycles. The van der Waals surface area contributed by atoms with E-state index in [0.717, 1.165) is 17.6 Å². The number of quaternary nitrogens is 1. The molecule has 0 saturated carbocycles. The van der Waals surface area contributed by atoms with Crippen LogP contribution in [-0.4, -0.2) is 42.9 Å². The van der Waals surface area contributed by atoms with Crippen molar-refractivity contribution in [3.63, 3.8) is 0 Å². The average molecular weight is 255 g/mol. The first-order valence-electron chi connectivity index (χ1n) is 3.27. The highest BCUT2D eigenvalue weighted by molar-refractivity contribution is 4.91. The van der Waals surface area contributed by atoms with E-state index in [1.54, 1.807) is 0 Å². The minimum Gasteiger partial charge on any atom is -1.00 e. The summed E-state index contributed by atoms with van der Waals surface area (Å²) in [6.07, 6.45) is 3.67. The standard InChI is InChI=1S/C7H14NO.HI/c1-8(2)5-3-4-7(9)6-8;/h3-4,7,9H,5-6H2,1-2H3;1H/q+1;/p-1/t7-;/m1./s1. The predicted octanol–water partition coefficient (Wildman–Crippen LogP) is -3.00. The van der Waals surface area contributed by atoms with Crippen LogP contribution in [0.25, 0.3) is 0 Å². The van der Waals surface area contributed by atoms with E-state index >= 15 is 0 Å². The van der Waals surface area contributed by atoms with E-state index in [4.69, 9.17) is 5.11 Å². The van der Waals surface area contributed by atoms with Gasteiger partial charge in [-0.15, -0.1) is 0 Å². The van der Waals surface area contributed by atoms with Crippen LogP contribution >= 0.6 is 0 Å². The summed E-state index contributed by atoms with van der Waals surface area (Å²) in [6, 6.07) is 0. The van der Waals surface area contributed by atoms with Gasteiger partial charge < -0.3 is 33.6 Å². The highest BCUT2D eigenvalue weighted by Gasteiger charge is 2.20. The van der Waals surface area contributed by atoms with Crippen LogP contribution in [0, 0.1) is 0 Å². The average Bonchev–Trinajstić information content (AvgIpc) is 1.60. The molecule has 0 bridgehead atoms. The lowest BCUT2D eigenvalue weighted by Crippen LogP contribution is -3.00. The Bertz CT molecular complexity index is 134. The van der Waals surface area contributed by atoms with Crippen molar-refractivity contribution in [2.24, 2.45) is 0 Å². The molecule has 0 aliphatic carbocycles. The summed E-state index contributed by atoms with van der Waals surface area (Å²) in [5.41, 5.74) is 0. The van der Waals surface area contributed by atoms with Gasteiger partial charge in [-0.2, -0.15) is 0 Å². The molecule has 10 heavy (non-hydrogen) atoms. The second kappa shape index (κ2) is 3.69. The summed E-state index contributed by atoms with van der Waals surface area (Å²) in [5.74, 6) is 0. The first-order valence-corrected chi connectivity index (χ1v) is 3.27. The van der Waals surface area contributed by atoms with Crippen LogP contribution in [0.2, 0.25) is 0 Å². The molecule has 1 aliphatic rings. The highest BCUT2D eigenvalue weighted by Crippen LogP contribution is 2.06. The molecule has 1 rings (SSSR count). The Kier molecular flexibility index (Phi) is 3.83. The van der Waals surface area contributed by atoms with Crippen molar-refractivity contribution in [1.82, 2.24) is 0 Å². The smallest absolute Gasteiger partial charge is 0.121 e. The molecule has 0 fully saturated rings. The molecule has 0 saturated heterocycles. The number of aliphatic hydroxyl groups is 1. The first-order chi connectivity index (χ1) is 4.10. The SMILES string of the molecule is C[N+]1(C)CC=C[C@@H](O)C1.[I-]. The molecule has 0 spiro atoms. The third-order valence-corrected chi connectivity index (χ3v) is 1.64. The van der Waals surface area contributed by atoms with E-state index in [1.165, 1.54) is 0 Å². The van der Waals surface area contributed by atoms with Gasteiger partial charge in [0.1, 0.15) is 12.6 Å². The van der Waals surface area contributed by atoms with Gasteiger partial charge in [0.25, 0.3) is 0 Å². The van der Waals surface area contributed by atoms with Crippen LogP contribution in [-0.2, 0) is 0 Å². The van der Waals surface area contributed by atoms with Gasteiger partial charge >= 0.3 is 0 Å². The zero-order valence-electron chi connectivity index (χ0n) is 6.42. The molecular weight excluding hydrogens is 241 g/mol. The van der Waals surface area contributed by atoms with Crippen molar-refractivity contribution in [1.29, 1.82) is 0 Å². The number of likely N-dealkylation sites (N-methyl/N-ethyl adjacent to an activating group) is 1. The van der Waals surface area contributed by atoms with Gasteiger partial charge in [0.05, 0.1) is 20.6 Å². The van der Waals surface area contributed by atoms with Crippen molar-refractivity contribution in [2.45, 2.75) is 6.10 Å². The van der Waals surface area contributed by atoms with Crippen molar-refractivity contribution in [3.8, 4) is 0 Å². The highest BCUT2D eigenvalue weighted by atomic mass is 127. The zero-order valence-corrected chi connectivity index (χ0v) is 8.58. The number of rotatable bonds is 0. The van der Waals surface area contributed by atoms with Crippen LogP contribution in [0.3, 0.4) is 0 Å². The normalized spacial score (nSPS) is 29.3. The lowest BCUT2D eigenvalue weighted by Gasteiger charge is -2.32. The number of nitrogens with zero attached hydrogens (tertiary/aromatic N) is 1. The van der Waals surface area contributed by atoms with E-state index in [2.05, 4.69) is 14.1 Å². The molecule has 1 N–H and O–H groups in total. The van der Waals surface area contributed by atoms with Gasteiger partial charge in [0.15, 0.2) is 0 Å². The molecule has 0 radical (unpaired) electrons. The van der Waals surface area contributed by atoms with E-state index in [0.29, 0.717) is 0 Å².